The summed E-state index contributed by atoms with van der Waals surface area (Å²) >= 11 is 0. The first-order valence-electron chi connectivity index (χ1n) is 8.29. The molecule has 1 aromatic heterocycles. The Morgan fingerprint density at radius 1 is 1.26 bits per heavy atom. The number of rotatable bonds is 5. The van der Waals surface area contributed by atoms with Crippen molar-refractivity contribution in [1.29, 1.82) is 0 Å². The van der Waals surface area contributed by atoms with Gasteiger partial charge in [-0.3, -0.25) is 19.7 Å². The Labute approximate surface area is 156 Å². The standard InChI is InChI=1S/C18H22N4O5/c1-11-6-7-13(9-14(11)22(25)26)17(24)21(18(3,4)5)10-16(23)19-15-8-12(2)27-20-15/h6-9H,10H2,1-5H3,(H,19,20,23). The van der Waals surface area contributed by atoms with Gasteiger partial charge in [-0.25, -0.2) is 0 Å². The van der Waals surface area contributed by atoms with Crippen molar-refractivity contribution >= 4 is 23.3 Å². The maximum atomic E-state index is 13.0. The molecule has 0 unspecified atom stereocenters. The molecule has 0 radical (unpaired) electrons. The van der Waals surface area contributed by atoms with Gasteiger partial charge in [-0.15, -0.1) is 0 Å². The maximum Gasteiger partial charge on any atom is 0.273 e. The Hall–Kier alpha value is -3.23. The fourth-order valence-electron chi connectivity index (χ4n) is 2.46. The lowest BCUT2D eigenvalue weighted by molar-refractivity contribution is -0.385. The van der Waals surface area contributed by atoms with Crippen LogP contribution in [0.4, 0.5) is 11.5 Å². The molecule has 27 heavy (non-hydrogen) atoms. The summed E-state index contributed by atoms with van der Waals surface area (Å²) in [7, 11) is 0. The largest absolute Gasteiger partial charge is 0.360 e. The van der Waals surface area contributed by atoms with Crippen LogP contribution in [0.5, 0.6) is 0 Å². The van der Waals surface area contributed by atoms with Crippen LogP contribution in [-0.2, 0) is 4.79 Å². The highest BCUT2D eigenvalue weighted by molar-refractivity contribution is 6.00. The van der Waals surface area contributed by atoms with Gasteiger partial charge in [0.2, 0.25) is 5.91 Å². The predicted molar refractivity (Wildman–Crippen MR) is 98.5 cm³/mol. The van der Waals surface area contributed by atoms with Gasteiger partial charge >= 0.3 is 0 Å². The van der Waals surface area contributed by atoms with Gasteiger partial charge in [0, 0.05) is 28.8 Å². The summed E-state index contributed by atoms with van der Waals surface area (Å²) in [5, 5.41) is 17.4. The van der Waals surface area contributed by atoms with Crippen LogP contribution in [0.3, 0.4) is 0 Å². The number of aryl methyl sites for hydroxylation is 2. The zero-order valence-corrected chi connectivity index (χ0v) is 15.9. The van der Waals surface area contributed by atoms with Crippen LogP contribution in [0.25, 0.3) is 0 Å². The first kappa shape index (κ1) is 20.1. The molecule has 9 heteroatoms. The number of carbonyl (C=O) groups is 2. The zero-order valence-electron chi connectivity index (χ0n) is 15.9. The van der Waals surface area contributed by atoms with Gasteiger partial charge in [0.05, 0.1) is 4.92 Å². The summed E-state index contributed by atoms with van der Waals surface area (Å²) in [5.74, 6) is -0.129. The van der Waals surface area contributed by atoms with E-state index in [0.29, 0.717) is 11.3 Å². The van der Waals surface area contributed by atoms with E-state index in [9.17, 15) is 19.7 Å². The molecule has 0 atom stereocenters. The van der Waals surface area contributed by atoms with Crippen LogP contribution in [0.15, 0.2) is 28.8 Å². The van der Waals surface area contributed by atoms with Crippen LogP contribution < -0.4 is 5.32 Å². The predicted octanol–water partition coefficient (Wildman–Crippen LogP) is 3.08. The summed E-state index contributed by atoms with van der Waals surface area (Å²) < 4.78 is 4.89. The maximum absolute atomic E-state index is 13.0. The topological polar surface area (TPSA) is 119 Å². The molecule has 9 nitrogen and oxygen atoms in total. The van der Waals surface area contributed by atoms with Crippen molar-refractivity contribution in [1.82, 2.24) is 10.1 Å². The number of aromatic nitrogens is 1. The third-order valence-corrected chi connectivity index (χ3v) is 3.90. The van der Waals surface area contributed by atoms with Crippen molar-refractivity contribution in [3.05, 3.63) is 51.3 Å². The number of nitro benzene ring substituents is 1. The Bertz CT molecular complexity index is 882. The average Bonchev–Trinajstić information content (AvgIpc) is 2.96. The minimum absolute atomic E-state index is 0.141. The Morgan fingerprint density at radius 2 is 1.93 bits per heavy atom. The smallest absolute Gasteiger partial charge is 0.273 e. The molecule has 2 rings (SSSR count). The van der Waals surface area contributed by atoms with E-state index in [4.69, 9.17) is 4.52 Å². The normalized spacial score (nSPS) is 11.1. The number of hydrogen-bond acceptors (Lipinski definition) is 6. The van der Waals surface area contributed by atoms with Gasteiger partial charge in [0.1, 0.15) is 12.3 Å². The van der Waals surface area contributed by atoms with E-state index < -0.39 is 22.3 Å². The molecular weight excluding hydrogens is 352 g/mol. The quantitative estimate of drug-likeness (QED) is 0.634. The lowest BCUT2D eigenvalue weighted by Gasteiger charge is -2.35. The van der Waals surface area contributed by atoms with Crippen molar-refractivity contribution in [2.75, 3.05) is 11.9 Å². The first-order chi connectivity index (χ1) is 12.5. The Morgan fingerprint density at radius 3 is 2.44 bits per heavy atom. The van der Waals surface area contributed by atoms with E-state index in [0.717, 1.165) is 0 Å². The molecule has 2 amide bonds. The highest BCUT2D eigenvalue weighted by Gasteiger charge is 2.30. The van der Waals surface area contributed by atoms with E-state index in [-0.39, 0.29) is 23.6 Å². The molecular formula is C18H22N4O5. The van der Waals surface area contributed by atoms with E-state index in [1.807, 2.05) is 0 Å². The lowest BCUT2D eigenvalue weighted by Crippen LogP contribution is -2.49. The molecule has 0 saturated carbocycles. The summed E-state index contributed by atoms with van der Waals surface area (Å²) in [5.41, 5.74) is -0.226. The van der Waals surface area contributed by atoms with Gasteiger partial charge in [-0.1, -0.05) is 11.2 Å². The molecule has 0 aliphatic rings. The number of benzene rings is 1. The second-order valence-corrected chi connectivity index (χ2v) is 7.19. The zero-order chi connectivity index (χ0) is 20.4. The summed E-state index contributed by atoms with van der Waals surface area (Å²) in [6.07, 6.45) is 0. The van der Waals surface area contributed by atoms with E-state index in [1.165, 1.54) is 23.1 Å². The molecule has 0 bridgehead atoms. The molecule has 2 aromatic rings. The van der Waals surface area contributed by atoms with Gasteiger partial charge in [-0.05, 0) is 40.7 Å². The Balaban J connectivity index is 2.25. The van der Waals surface area contributed by atoms with E-state index in [1.54, 1.807) is 40.7 Å². The van der Waals surface area contributed by atoms with Crippen molar-refractivity contribution in [2.45, 2.75) is 40.2 Å². The summed E-state index contributed by atoms with van der Waals surface area (Å²) in [4.78, 5) is 37.3. The molecule has 0 aliphatic heterocycles. The molecule has 0 spiro atoms. The van der Waals surface area contributed by atoms with Crippen molar-refractivity contribution in [2.24, 2.45) is 0 Å². The Kier molecular flexibility index (Phi) is 5.63. The number of nitrogens with zero attached hydrogens (tertiary/aromatic N) is 3. The van der Waals surface area contributed by atoms with Crippen LogP contribution in [0.2, 0.25) is 0 Å². The van der Waals surface area contributed by atoms with Gasteiger partial charge < -0.3 is 14.7 Å². The minimum atomic E-state index is -0.687. The molecule has 1 aromatic carbocycles. The molecule has 1 heterocycles. The van der Waals surface area contributed by atoms with E-state index in [2.05, 4.69) is 10.5 Å². The van der Waals surface area contributed by atoms with Crippen molar-refractivity contribution < 1.29 is 19.0 Å². The molecule has 1 N–H and O–H groups in total. The number of carbonyl (C=O) groups excluding carboxylic acids is 2. The third kappa shape index (κ3) is 4.90. The monoisotopic (exact) mass is 374 g/mol. The number of hydrogen-bond donors (Lipinski definition) is 1. The third-order valence-electron chi connectivity index (χ3n) is 3.90. The van der Waals surface area contributed by atoms with Gasteiger partial charge in [0.25, 0.3) is 11.6 Å². The second kappa shape index (κ2) is 7.56. The fraction of sp³-hybridized carbons (Fsp3) is 0.389. The fourth-order valence-corrected chi connectivity index (χ4v) is 2.46. The van der Waals surface area contributed by atoms with Crippen molar-refractivity contribution in [3.8, 4) is 0 Å². The highest BCUT2D eigenvalue weighted by Crippen LogP contribution is 2.23. The number of nitro groups is 1. The average molecular weight is 374 g/mol. The molecule has 144 valence electrons. The van der Waals surface area contributed by atoms with Crippen LogP contribution in [0.1, 0.15) is 42.5 Å². The summed E-state index contributed by atoms with van der Waals surface area (Å²) in [6, 6.07) is 5.83. The van der Waals surface area contributed by atoms with Crippen LogP contribution >= 0.6 is 0 Å². The van der Waals surface area contributed by atoms with E-state index >= 15 is 0 Å². The lowest BCUT2D eigenvalue weighted by atomic mass is 10.0. The molecule has 0 fully saturated rings. The molecule has 0 aliphatic carbocycles. The number of nitrogens with one attached hydrogen (secondary N) is 1. The second-order valence-electron chi connectivity index (χ2n) is 7.19. The SMILES string of the molecule is Cc1cc(NC(=O)CN(C(=O)c2ccc(C)c([N+](=O)[O-])c2)C(C)(C)C)no1. The van der Waals surface area contributed by atoms with Crippen molar-refractivity contribution in [3.63, 3.8) is 0 Å². The summed E-state index contributed by atoms with van der Waals surface area (Å²) in [6.45, 7) is 8.39. The number of amides is 2. The highest BCUT2D eigenvalue weighted by atomic mass is 16.6. The van der Waals surface area contributed by atoms with Crippen LogP contribution in [0, 0.1) is 24.0 Å². The van der Waals surface area contributed by atoms with Gasteiger partial charge in [-0.2, -0.15) is 0 Å². The number of anilines is 1. The molecule has 0 saturated heterocycles. The van der Waals surface area contributed by atoms with Crippen LogP contribution in [-0.4, -0.2) is 38.9 Å². The van der Waals surface area contributed by atoms with Gasteiger partial charge in [0.15, 0.2) is 5.82 Å². The first-order valence-corrected chi connectivity index (χ1v) is 8.29. The minimum Gasteiger partial charge on any atom is -0.360 e.